The van der Waals surface area contributed by atoms with Gasteiger partial charge in [0, 0.05) is 23.2 Å². The summed E-state index contributed by atoms with van der Waals surface area (Å²) >= 11 is 3.06. The second-order valence-corrected chi connectivity index (χ2v) is 8.25. The lowest BCUT2D eigenvalue weighted by Crippen LogP contribution is -2.12. The number of anilines is 1. The summed E-state index contributed by atoms with van der Waals surface area (Å²) in [5.74, 6) is 0.538. The van der Waals surface area contributed by atoms with Crippen molar-refractivity contribution in [1.82, 2.24) is 14.6 Å². The Bertz CT molecular complexity index is 1000. The Morgan fingerprint density at radius 3 is 3.12 bits per heavy atom. The molecule has 3 heterocycles. The van der Waals surface area contributed by atoms with Gasteiger partial charge >= 0.3 is 0 Å². The van der Waals surface area contributed by atoms with Crippen LogP contribution in [-0.4, -0.2) is 26.3 Å². The number of fused-ring (bicyclic) bond motifs is 2. The maximum atomic E-state index is 12.3. The highest BCUT2D eigenvalue weighted by Gasteiger charge is 2.21. The van der Waals surface area contributed by atoms with Crippen LogP contribution in [0.1, 0.15) is 35.3 Å². The van der Waals surface area contributed by atoms with E-state index in [1.54, 1.807) is 11.3 Å². The van der Waals surface area contributed by atoms with Gasteiger partial charge in [0.05, 0.1) is 5.56 Å². The van der Waals surface area contributed by atoms with Crippen molar-refractivity contribution in [2.45, 2.75) is 37.3 Å². The van der Waals surface area contributed by atoms with Crippen molar-refractivity contribution in [2.75, 3.05) is 11.1 Å². The van der Waals surface area contributed by atoms with Crippen molar-refractivity contribution < 1.29 is 4.79 Å². The highest BCUT2D eigenvalue weighted by Crippen LogP contribution is 2.37. The molecule has 3 aromatic heterocycles. The first-order valence-corrected chi connectivity index (χ1v) is 10.3. The Morgan fingerprint density at radius 2 is 2.23 bits per heavy atom. The number of carbonyl (C=O) groups is 1. The van der Waals surface area contributed by atoms with Gasteiger partial charge < -0.3 is 5.32 Å². The van der Waals surface area contributed by atoms with E-state index in [1.807, 2.05) is 28.8 Å². The zero-order chi connectivity index (χ0) is 17.9. The smallest absolute Gasteiger partial charge is 0.225 e. The number of rotatable bonds is 5. The van der Waals surface area contributed by atoms with E-state index >= 15 is 0 Å². The molecule has 1 aliphatic rings. The first-order chi connectivity index (χ1) is 12.8. The molecule has 1 amide bonds. The van der Waals surface area contributed by atoms with E-state index in [-0.39, 0.29) is 5.91 Å². The monoisotopic (exact) mass is 383 g/mol. The zero-order valence-electron chi connectivity index (χ0n) is 14.1. The van der Waals surface area contributed by atoms with Crippen LogP contribution in [0.25, 0.3) is 5.65 Å². The minimum Gasteiger partial charge on any atom is -0.317 e. The third-order valence-electron chi connectivity index (χ3n) is 4.38. The Labute approximate surface area is 159 Å². The molecule has 8 heteroatoms. The second-order valence-electron chi connectivity index (χ2n) is 6.08. The molecule has 1 N–H and O–H groups in total. The number of aromatic nitrogens is 3. The fourth-order valence-electron chi connectivity index (χ4n) is 3.11. The highest BCUT2D eigenvalue weighted by molar-refractivity contribution is 7.99. The van der Waals surface area contributed by atoms with Gasteiger partial charge in [-0.15, -0.1) is 21.5 Å². The lowest BCUT2D eigenvalue weighted by Gasteiger charge is -2.09. The summed E-state index contributed by atoms with van der Waals surface area (Å²) < 4.78 is 1.91. The quantitative estimate of drug-likeness (QED) is 0.680. The molecule has 3 aromatic rings. The van der Waals surface area contributed by atoms with Gasteiger partial charge in [-0.1, -0.05) is 17.8 Å². The van der Waals surface area contributed by atoms with Crippen LogP contribution < -0.4 is 5.32 Å². The van der Waals surface area contributed by atoms with Crippen LogP contribution >= 0.6 is 23.1 Å². The van der Waals surface area contributed by atoms with Crippen LogP contribution in [0, 0.1) is 11.3 Å². The maximum absolute atomic E-state index is 12.3. The number of thioether (sulfide) groups is 1. The number of nitrogens with zero attached hydrogens (tertiary/aromatic N) is 4. The summed E-state index contributed by atoms with van der Waals surface area (Å²) in [5, 5.41) is 22.1. The van der Waals surface area contributed by atoms with Gasteiger partial charge in [-0.2, -0.15) is 5.26 Å². The largest absolute Gasteiger partial charge is 0.317 e. The number of hydrogen-bond acceptors (Lipinski definition) is 6. The van der Waals surface area contributed by atoms with Crippen LogP contribution in [0.4, 0.5) is 5.00 Å². The van der Waals surface area contributed by atoms with E-state index in [0.717, 1.165) is 42.1 Å². The number of hydrogen-bond donors (Lipinski definition) is 1. The van der Waals surface area contributed by atoms with Crippen LogP contribution in [0.2, 0.25) is 0 Å². The molecule has 6 nitrogen and oxygen atoms in total. The fraction of sp³-hybridized carbons (Fsp3) is 0.333. The molecular weight excluding hydrogens is 366 g/mol. The van der Waals surface area contributed by atoms with E-state index in [2.05, 4.69) is 21.6 Å². The van der Waals surface area contributed by atoms with Crippen LogP contribution in [0.15, 0.2) is 29.6 Å². The number of amides is 1. The zero-order valence-corrected chi connectivity index (χ0v) is 15.7. The third-order valence-corrected chi connectivity index (χ3v) is 6.53. The van der Waals surface area contributed by atoms with Crippen molar-refractivity contribution >= 4 is 39.7 Å². The number of aryl methyl sites for hydroxylation is 1. The molecule has 0 aliphatic heterocycles. The normalized spacial score (nSPS) is 13.3. The van der Waals surface area contributed by atoms with Crippen molar-refractivity contribution in [3.8, 4) is 6.07 Å². The number of carbonyl (C=O) groups excluding carboxylic acids is 1. The molecule has 0 bridgehead atoms. The number of nitriles is 1. The summed E-state index contributed by atoms with van der Waals surface area (Å²) in [6, 6.07) is 8.01. The fourth-order valence-corrected chi connectivity index (χ4v) is 5.23. The van der Waals surface area contributed by atoms with Gasteiger partial charge in [-0.3, -0.25) is 9.20 Å². The first-order valence-electron chi connectivity index (χ1n) is 8.53. The van der Waals surface area contributed by atoms with Crippen molar-refractivity contribution in [3.05, 3.63) is 40.4 Å². The maximum Gasteiger partial charge on any atom is 0.225 e. The predicted octanol–water partition coefficient (Wildman–Crippen LogP) is 3.66. The molecule has 0 unspecified atom stereocenters. The topological polar surface area (TPSA) is 83.1 Å². The summed E-state index contributed by atoms with van der Waals surface area (Å²) in [5.41, 5.74) is 2.60. The Hall–Kier alpha value is -2.37. The van der Waals surface area contributed by atoms with E-state index in [4.69, 9.17) is 0 Å². The van der Waals surface area contributed by atoms with Gasteiger partial charge in [0.1, 0.15) is 11.1 Å². The van der Waals surface area contributed by atoms with Crippen molar-refractivity contribution in [2.24, 2.45) is 0 Å². The Balaban J connectivity index is 1.37. The van der Waals surface area contributed by atoms with Crippen molar-refractivity contribution in [3.63, 3.8) is 0 Å². The predicted molar refractivity (Wildman–Crippen MR) is 103 cm³/mol. The number of thiophene rings is 1. The Morgan fingerprint density at radius 1 is 1.35 bits per heavy atom. The molecule has 0 radical (unpaired) electrons. The van der Waals surface area contributed by atoms with Crippen LogP contribution in [0.3, 0.4) is 0 Å². The molecule has 132 valence electrons. The Kier molecular flexibility index (Phi) is 4.91. The van der Waals surface area contributed by atoms with Gasteiger partial charge in [0.15, 0.2) is 10.8 Å². The molecule has 1 aliphatic carbocycles. The molecule has 4 rings (SSSR count). The highest BCUT2D eigenvalue weighted by atomic mass is 32.2. The molecule has 0 saturated heterocycles. The number of pyridine rings is 1. The third kappa shape index (κ3) is 3.32. The van der Waals surface area contributed by atoms with E-state index in [0.29, 0.717) is 22.7 Å². The van der Waals surface area contributed by atoms with Crippen LogP contribution in [-0.2, 0) is 17.6 Å². The summed E-state index contributed by atoms with van der Waals surface area (Å²) in [6.45, 7) is 0. The minimum absolute atomic E-state index is 0.0681. The van der Waals surface area contributed by atoms with Crippen LogP contribution in [0.5, 0.6) is 0 Å². The van der Waals surface area contributed by atoms with E-state index in [9.17, 15) is 10.1 Å². The molecule has 26 heavy (non-hydrogen) atoms. The molecule has 0 aromatic carbocycles. The molecular formula is C18H17N5OS2. The van der Waals surface area contributed by atoms with Crippen molar-refractivity contribution in [1.29, 1.82) is 5.26 Å². The van der Waals surface area contributed by atoms with Gasteiger partial charge in [0.2, 0.25) is 5.91 Å². The summed E-state index contributed by atoms with van der Waals surface area (Å²) in [4.78, 5) is 13.6. The summed E-state index contributed by atoms with van der Waals surface area (Å²) in [6.07, 6.45) is 6.51. The lowest BCUT2D eigenvalue weighted by molar-refractivity contribution is -0.115. The average molecular weight is 384 g/mol. The van der Waals surface area contributed by atoms with Gasteiger partial charge in [0.25, 0.3) is 0 Å². The van der Waals surface area contributed by atoms with Gasteiger partial charge in [-0.25, -0.2) is 0 Å². The van der Waals surface area contributed by atoms with E-state index < -0.39 is 0 Å². The SMILES string of the molecule is N#Cc1c(NC(=O)CCSc2nnc3ccccn23)sc2c1CCCC2. The average Bonchev–Trinajstić information content (AvgIpc) is 3.22. The minimum atomic E-state index is -0.0681. The molecule has 0 fully saturated rings. The first kappa shape index (κ1) is 17.1. The molecule has 0 saturated carbocycles. The van der Waals surface area contributed by atoms with E-state index in [1.165, 1.54) is 16.6 Å². The molecule has 0 atom stereocenters. The summed E-state index contributed by atoms with van der Waals surface area (Å²) in [7, 11) is 0. The second kappa shape index (κ2) is 7.48. The standard InChI is InChI=1S/C18H17N5OS2/c19-11-13-12-5-1-2-6-14(12)26-17(13)20-16(24)8-10-25-18-22-21-15-7-3-4-9-23(15)18/h3-4,7,9H,1-2,5-6,8,10H2,(H,20,24). The number of nitrogens with one attached hydrogen (secondary N) is 1. The van der Waals surface area contributed by atoms with Gasteiger partial charge in [-0.05, 0) is 43.4 Å². The lowest BCUT2D eigenvalue weighted by atomic mass is 9.96. The molecule has 0 spiro atoms.